The molecule has 0 aliphatic heterocycles. The van der Waals surface area contributed by atoms with E-state index in [4.69, 9.17) is 0 Å². The molecule has 0 saturated carbocycles. The van der Waals surface area contributed by atoms with Crippen molar-refractivity contribution in [1.29, 1.82) is 0 Å². The van der Waals surface area contributed by atoms with Crippen molar-refractivity contribution in [2.24, 2.45) is 7.05 Å². The molecule has 3 aromatic rings. The van der Waals surface area contributed by atoms with Crippen LogP contribution >= 0.6 is 11.8 Å². The summed E-state index contributed by atoms with van der Waals surface area (Å²) in [4.78, 5) is 48.1. The molecule has 9 heteroatoms. The van der Waals surface area contributed by atoms with Crippen molar-refractivity contribution < 1.29 is 4.79 Å². The first-order chi connectivity index (χ1) is 15.6. The summed E-state index contributed by atoms with van der Waals surface area (Å²) >= 11 is 1.21. The number of carbonyl (C=O) groups excluding carboxylic acids is 1. The third-order valence-electron chi connectivity index (χ3n) is 5.52. The van der Waals surface area contributed by atoms with Gasteiger partial charge in [0.25, 0.3) is 5.56 Å². The van der Waals surface area contributed by atoms with Gasteiger partial charge in [-0.2, -0.15) is 0 Å². The van der Waals surface area contributed by atoms with Crippen molar-refractivity contribution in [1.82, 2.24) is 19.1 Å². The number of hydrogen-bond acceptors (Lipinski definition) is 6. The van der Waals surface area contributed by atoms with Crippen LogP contribution in [0.2, 0.25) is 0 Å². The minimum absolute atomic E-state index is 0.0123. The lowest BCUT2D eigenvalue weighted by molar-refractivity contribution is -0.115. The van der Waals surface area contributed by atoms with E-state index >= 15 is 0 Å². The minimum atomic E-state index is -0.529. The fourth-order valence-corrected chi connectivity index (χ4v) is 4.52. The maximum Gasteiger partial charge on any atom is 0.332 e. The van der Waals surface area contributed by atoms with Crippen molar-refractivity contribution in [3.8, 4) is 0 Å². The fraction of sp³-hybridized carbons (Fsp3) is 0.458. The molecule has 3 rings (SSSR count). The number of fused-ring (bicyclic) bond motifs is 1. The van der Waals surface area contributed by atoms with E-state index in [9.17, 15) is 14.4 Å². The molecule has 0 aliphatic carbocycles. The molecule has 1 amide bonds. The molecule has 1 atom stereocenters. The Labute approximate surface area is 197 Å². The summed E-state index contributed by atoms with van der Waals surface area (Å²) in [5.74, 6) is 0.334. The van der Waals surface area contributed by atoms with Crippen LogP contribution in [0.1, 0.15) is 57.0 Å². The molecule has 0 radical (unpaired) electrons. The summed E-state index contributed by atoms with van der Waals surface area (Å²) in [6, 6.07) is 5.85. The number of amides is 1. The van der Waals surface area contributed by atoms with Gasteiger partial charge in [0.15, 0.2) is 5.65 Å². The van der Waals surface area contributed by atoms with Gasteiger partial charge in [-0.1, -0.05) is 50.7 Å². The van der Waals surface area contributed by atoms with Gasteiger partial charge in [0.2, 0.25) is 5.91 Å². The Hall–Kier alpha value is -2.94. The molecule has 176 valence electrons. The van der Waals surface area contributed by atoms with Gasteiger partial charge in [-0.25, -0.2) is 14.8 Å². The third-order valence-corrected chi connectivity index (χ3v) is 6.60. The van der Waals surface area contributed by atoms with E-state index in [-0.39, 0.29) is 17.2 Å². The van der Waals surface area contributed by atoms with Gasteiger partial charge >= 0.3 is 5.69 Å². The second-order valence-electron chi connectivity index (χ2n) is 8.55. The lowest BCUT2D eigenvalue weighted by Gasteiger charge is -2.18. The number of aromatic nitrogens is 4. The lowest BCUT2D eigenvalue weighted by Crippen LogP contribution is -2.39. The van der Waals surface area contributed by atoms with Crippen molar-refractivity contribution >= 4 is 34.4 Å². The van der Waals surface area contributed by atoms with Crippen molar-refractivity contribution in [3.05, 3.63) is 56.0 Å². The van der Waals surface area contributed by atoms with E-state index in [1.165, 1.54) is 23.4 Å². The van der Waals surface area contributed by atoms with Crippen LogP contribution in [0.5, 0.6) is 0 Å². The molecular formula is C24H31N5O3S. The lowest BCUT2D eigenvalue weighted by atomic mass is 10.1. The van der Waals surface area contributed by atoms with Gasteiger partial charge in [0.1, 0.15) is 16.2 Å². The molecule has 0 aliphatic rings. The number of aryl methyl sites for hydroxylation is 3. The van der Waals surface area contributed by atoms with Crippen LogP contribution in [-0.2, 0) is 18.4 Å². The van der Waals surface area contributed by atoms with E-state index in [1.807, 2.05) is 52.8 Å². The maximum atomic E-state index is 13.1. The molecule has 0 bridgehead atoms. The highest BCUT2D eigenvalue weighted by molar-refractivity contribution is 8.00. The van der Waals surface area contributed by atoms with Gasteiger partial charge in [0.05, 0.1) is 5.25 Å². The van der Waals surface area contributed by atoms with Crippen LogP contribution in [0.3, 0.4) is 0 Å². The van der Waals surface area contributed by atoms with E-state index in [2.05, 4.69) is 15.3 Å². The first-order valence-corrected chi connectivity index (χ1v) is 12.0. The number of rotatable bonds is 7. The Morgan fingerprint density at radius 3 is 2.33 bits per heavy atom. The zero-order valence-corrected chi connectivity index (χ0v) is 21.0. The molecule has 0 fully saturated rings. The highest BCUT2D eigenvalue weighted by Crippen LogP contribution is 2.29. The zero-order chi connectivity index (χ0) is 24.4. The Morgan fingerprint density at radius 1 is 1.12 bits per heavy atom. The summed E-state index contributed by atoms with van der Waals surface area (Å²) < 4.78 is 2.61. The second kappa shape index (κ2) is 9.91. The standard InChI is InChI=1S/C24H31N5O3S/c1-8-12-29-20-17(23(31)28(7)24(29)32)22(27-19(26-20)13(2)3)33-16(6)21(30)25-18-14(4)10-9-11-15(18)5/h9-11,13,16H,8,12H2,1-7H3,(H,25,30). The smallest absolute Gasteiger partial charge is 0.325 e. The predicted molar refractivity (Wildman–Crippen MR) is 133 cm³/mol. The average Bonchev–Trinajstić information content (AvgIpc) is 2.77. The molecule has 1 aromatic carbocycles. The van der Waals surface area contributed by atoms with Crippen LogP contribution < -0.4 is 16.6 Å². The van der Waals surface area contributed by atoms with Crippen molar-refractivity contribution in [2.75, 3.05) is 5.32 Å². The van der Waals surface area contributed by atoms with E-state index in [0.29, 0.717) is 29.5 Å². The Balaban J connectivity index is 2.11. The topological polar surface area (TPSA) is 98.9 Å². The molecule has 1 unspecified atom stereocenters. The first-order valence-electron chi connectivity index (χ1n) is 11.1. The highest BCUT2D eigenvalue weighted by Gasteiger charge is 2.24. The molecule has 0 saturated heterocycles. The summed E-state index contributed by atoms with van der Waals surface area (Å²) in [5.41, 5.74) is 2.22. The monoisotopic (exact) mass is 469 g/mol. The largest absolute Gasteiger partial charge is 0.332 e. The third kappa shape index (κ3) is 4.88. The van der Waals surface area contributed by atoms with Crippen LogP contribution in [0.25, 0.3) is 11.0 Å². The fourth-order valence-electron chi connectivity index (χ4n) is 3.58. The molecule has 2 aromatic heterocycles. The van der Waals surface area contributed by atoms with Gasteiger partial charge in [-0.05, 0) is 38.3 Å². The van der Waals surface area contributed by atoms with Crippen molar-refractivity contribution in [3.63, 3.8) is 0 Å². The Morgan fingerprint density at radius 2 is 1.76 bits per heavy atom. The van der Waals surface area contributed by atoms with E-state index in [0.717, 1.165) is 21.4 Å². The molecule has 33 heavy (non-hydrogen) atoms. The molecule has 8 nitrogen and oxygen atoms in total. The minimum Gasteiger partial charge on any atom is -0.325 e. The van der Waals surface area contributed by atoms with Gasteiger partial charge in [-0.15, -0.1) is 0 Å². The number of hydrogen-bond donors (Lipinski definition) is 1. The Kier molecular flexibility index (Phi) is 7.41. The predicted octanol–water partition coefficient (Wildman–Crippen LogP) is 3.76. The zero-order valence-electron chi connectivity index (χ0n) is 20.2. The van der Waals surface area contributed by atoms with Gasteiger partial charge in [0, 0.05) is 25.2 Å². The number of carbonyl (C=O) groups is 1. The van der Waals surface area contributed by atoms with Crippen LogP contribution in [0.15, 0.2) is 32.8 Å². The van der Waals surface area contributed by atoms with Gasteiger partial charge in [-0.3, -0.25) is 18.7 Å². The number of nitrogens with zero attached hydrogens (tertiary/aromatic N) is 4. The second-order valence-corrected chi connectivity index (χ2v) is 9.88. The van der Waals surface area contributed by atoms with Crippen LogP contribution in [0.4, 0.5) is 5.69 Å². The summed E-state index contributed by atoms with van der Waals surface area (Å²) in [5, 5.41) is 3.16. The van der Waals surface area contributed by atoms with Crippen LogP contribution in [0, 0.1) is 13.8 Å². The van der Waals surface area contributed by atoms with E-state index in [1.54, 1.807) is 6.92 Å². The molecule has 2 heterocycles. The quantitative estimate of drug-likeness (QED) is 0.418. The molecule has 1 N–H and O–H groups in total. The molecular weight excluding hydrogens is 438 g/mol. The average molecular weight is 470 g/mol. The first kappa shape index (κ1) is 24.7. The maximum absolute atomic E-state index is 13.1. The SMILES string of the molecule is CCCn1c(=O)n(C)c(=O)c2c(SC(C)C(=O)Nc3c(C)cccc3C)nc(C(C)C)nc21. The number of para-hydroxylation sites is 1. The summed E-state index contributed by atoms with van der Waals surface area (Å²) in [6.07, 6.45) is 0.714. The number of thioether (sulfide) groups is 1. The normalized spacial score (nSPS) is 12.4. The Bertz CT molecular complexity index is 1310. The summed E-state index contributed by atoms with van der Waals surface area (Å²) in [6.45, 7) is 12.0. The highest BCUT2D eigenvalue weighted by atomic mass is 32.2. The summed E-state index contributed by atoms with van der Waals surface area (Å²) in [7, 11) is 1.46. The van der Waals surface area contributed by atoms with Crippen molar-refractivity contribution in [2.45, 2.75) is 70.7 Å². The number of nitrogens with one attached hydrogen (secondary N) is 1. The molecule has 0 spiro atoms. The van der Waals surface area contributed by atoms with Crippen LogP contribution in [-0.4, -0.2) is 30.3 Å². The number of benzene rings is 1. The number of anilines is 1. The van der Waals surface area contributed by atoms with E-state index < -0.39 is 16.5 Å². The van der Waals surface area contributed by atoms with Gasteiger partial charge < -0.3 is 5.32 Å².